The molecular formula is Br4Zr2. The molecule has 0 atom stereocenters. The van der Waals surface area contributed by atoms with Crippen LogP contribution in [0.15, 0.2) is 0 Å². The summed E-state index contributed by atoms with van der Waals surface area (Å²) < 4.78 is 0. The van der Waals surface area contributed by atoms with Gasteiger partial charge in [0.2, 0.25) is 0 Å². The van der Waals surface area contributed by atoms with E-state index in [-0.39, 0.29) is 37.1 Å². The molecule has 0 aliphatic heterocycles. The zero-order valence-electron chi connectivity index (χ0n) is 2.51. The first-order valence-electron chi connectivity index (χ1n) is 0.756. The first-order valence-corrected chi connectivity index (χ1v) is 23.2. The maximum atomic E-state index is 3.23. The van der Waals surface area contributed by atoms with Gasteiger partial charge in [-0.25, -0.2) is 0 Å². The molecule has 0 aromatic heterocycles. The molecule has 0 radical (unpaired) electrons. The molecule has 0 aromatic rings. The summed E-state index contributed by atoms with van der Waals surface area (Å²) in [6.45, 7) is 0. The summed E-state index contributed by atoms with van der Waals surface area (Å²) in [5.41, 5.74) is 0. The number of halogens is 4. The molecule has 0 aromatic carbocycles. The van der Waals surface area contributed by atoms with Gasteiger partial charge in [0.1, 0.15) is 0 Å². The first kappa shape index (κ1) is 12.4. The summed E-state index contributed by atoms with van der Waals surface area (Å²) in [6, 6.07) is 0. The predicted molar refractivity (Wildman–Crippen MR) is 35.7 cm³/mol. The number of hydrogen-bond donors (Lipinski definition) is 0. The fourth-order valence-corrected chi connectivity index (χ4v) is 0. The van der Waals surface area contributed by atoms with Gasteiger partial charge in [0.05, 0.1) is 0 Å². The Labute approximate surface area is 83.5 Å². The SMILES string of the molecule is [Br][Zr][Br].[Br][Zr][Br]. The van der Waals surface area contributed by atoms with Gasteiger partial charge in [-0.05, 0) is 0 Å². The van der Waals surface area contributed by atoms with Crippen molar-refractivity contribution in [3.63, 3.8) is 0 Å². The van der Waals surface area contributed by atoms with Gasteiger partial charge >= 0.3 is 85.9 Å². The Morgan fingerprint density at radius 3 is 0.667 bits per heavy atom. The van der Waals surface area contributed by atoms with E-state index in [0.717, 1.165) is 0 Å². The summed E-state index contributed by atoms with van der Waals surface area (Å²) in [5.74, 6) is 0. The molecule has 0 amide bonds. The molecule has 0 heterocycles. The second kappa shape index (κ2) is 15.9. The van der Waals surface area contributed by atoms with Crippen molar-refractivity contribution in [2.24, 2.45) is 0 Å². The third kappa shape index (κ3) is 25.3. The Hall–Kier alpha value is 3.69. The maximum absolute atomic E-state index is 3.23. The second-order valence-corrected chi connectivity index (χ2v) is 22.8. The summed E-state index contributed by atoms with van der Waals surface area (Å²) in [7, 11) is 0. The van der Waals surface area contributed by atoms with E-state index in [0.29, 0.717) is 0 Å². The molecule has 0 N–H and O–H groups in total. The quantitative estimate of drug-likeness (QED) is 0.477. The normalized spacial score (nSPS) is 4.67. The Balaban J connectivity index is 0. The van der Waals surface area contributed by atoms with Crippen LogP contribution in [0.2, 0.25) is 0 Å². The number of rotatable bonds is 0. The predicted octanol–water partition coefficient (Wildman–Crippen LogP) is 3.38. The van der Waals surface area contributed by atoms with E-state index in [1.54, 1.807) is 0 Å². The van der Waals surface area contributed by atoms with Gasteiger partial charge in [-0.1, -0.05) is 0 Å². The molecule has 0 unspecified atom stereocenters. The fraction of sp³-hybridized carbons (Fsp3) is 0. The zero-order chi connectivity index (χ0) is 5.41. The number of hydrogen-bond acceptors (Lipinski definition) is 0. The second-order valence-electron chi connectivity index (χ2n) is 0.143. The van der Waals surface area contributed by atoms with E-state index in [1.165, 1.54) is 0 Å². The third-order valence-corrected chi connectivity index (χ3v) is 0. The van der Waals surface area contributed by atoms with E-state index >= 15 is 0 Å². The molecule has 6 heavy (non-hydrogen) atoms. The monoisotopic (exact) mass is 495 g/mol. The molecule has 6 heteroatoms. The minimum atomic E-state index is -0.145. The van der Waals surface area contributed by atoms with Crippen molar-refractivity contribution in [2.45, 2.75) is 0 Å². The van der Waals surface area contributed by atoms with Crippen molar-refractivity contribution in [1.82, 2.24) is 0 Å². The Bertz CT molecular complexity index is 7.51. The van der Waals surface area contributed by atoms with Crippen LogP contribution in [0.3, 0.4) is 0 Å². The van der Waals surface area contributed by atoms with Gasteiger partial charge in [-0.15, -0.1) is 0 Å². The van der Waals surface area contributed by atoms with Crippen LogP contribution in [-0.2, 0) is 37.1 Å². The van der Waals surface area contributed by atoms with Gasteiger partial charge in [-0.2, -0.15) is 0 Å². The topological polar surface area (TPSA) is 0 Å². The van der Waals surface area contributed by atoms with Gasteiger partial charge < -0.3 is 0 Å². The molecule has 0 rings (SSSR count). The summed E-state index contributed by atoms with van der Waals surface area (Å²) in [5, 5.41) is 0. The van der Waals surface area contributed by atoms with Crippen molar-refractivity contribution >= 4 is 48.9 Å². The van der Waals surface area contributed by atoms with Crippen LogP contribution in [0.4, 0.5) is 0 Å². The molecule has 0 aliphatic carbocycles. The van der Waals surface area contributed by atoms with Crippen molar-refractivity contribution in [1.29, 1.82) is 0 Å². The van der Waals surface area contributed by atoms with Crippen LogP contribution in [-0.4, -0.2) is 0 Å². The van der Waals surface area contributed by atoms with Crippen LogP contribution in [0.25, 0.3) is 0 Å². The van der Waals surface area contributed by atoms with E-state index < -0.39 is 0 Å². The average molecular weight is 502 g/mol. The first-order chi connectivity index (χ1) is 2.83. The molecule has 0 bridgehead atoms. The van der Waals surface area contributed by atoms with Crippen molar-refractivity contribution in [3.05, 3.63) is 0 Å². The average Bonchev–Trinajstić information content (AvgIpc) is 1.39. The van der Waals surface area contributed by atoms with E-state index in [4.69, 9.17) is 0 Å². The molecule has 0 spiro atoms. The molecule has 36 valence electrons. The molecule has 0 saturated heterocycles. The van der Waals surface area contributed by atoms with Gasteiger partial charge in [0.15, 0.2) is 0 Å². The van der Waals surface area contributed by atoms with Crippen molar-refractivity contribution in [2.75, 3.05) is 0 Å². The Morgan fingerprint density at radius 1 is 0.667 bits per heavy atom. The zero-order valence-corrected chi connectivity index (χ0v) is 13.8. The fourth-order valence-electron chi connectivity index (χ4n) is 0. The summed E-state index contributed by atoms with van der Waals surface area (Å²) in [4.78, 5) is 0. The molecular weight excluding hydrogens is 502 g/mol. The Kier molecular flexibility index (Phi) is 32.7. The van der Waals surface area contributed by atoms with Gasteiger partial charge in [-0.3, -0.25) is 0 Å². The minimum absolute atomic E-state index is 0.145. The van der Waals surface area contributed by atoms with Crippen LogP contribution in [0.5, 0.6) is 0 Å². The Morgan fingerprint density at radius 2 is 0.667 bits per heavy atom. The summed E-state index contributed by atoms with van der Waals surface area (Å²) >= 11 is 12.6. The van der Waals surface area contributed by atoms with E-state index in [2.05, 4.69) is 48.9 Å². The van der Waals surface area contributed by atoms with Crippen LogP contribution in [0, 0.1) is 0 Å². The standard InChI is InChI=1S/4BrH.2Zr/h4*1H;;/q;;;;2*+2/p-4. The van der Waals surface area contributed by atoms with Gasteiger partial charge in [0.25, 0.3) is 0 Å². The molecule has 0 aliphatic rings. The van der Waals surface area contributed by atoms with E-state index in [1.807, 2.05) is 0 Å². The van der Waals surface area contributed by atoms with Crippen molar-refractivity contribution < 1.29 is 37.1 Å². The molecule has 0 fully saturated rings. The van der Waals surface area contributed by atoms with E-state index in [9.17, 15) is 0 Å². The van der Waals surface area contributed by atoms with Crippen LogP contribution >= 0.6 is 48.9 Å². The summed E-state index contributed by atoms with van der Waals surface area (Å²) in [6.07, 6.45) is 0. The van der Waals surface area contributed by atoms with Gasteiger partial charge in [0, 0.05) is 0 Å². The van der Waals surface area contributed by atoms with Crippen molar-refractivity contribution in [3.8, 4) is 0 Å². The van der Waals surface area contributed by atoms with Crippen LogP contribution < -0.4 is 0 Å². The van der Waals surface area contributed by atoms with Crippen LogP contribution in [0.1, 0.15) is 0 Å². The molecule has 0 nitrogen and oxygen atoms in total. The third-order valence-electron chi connectivity index (χ3n) is 0. The molecule has 0 saturated carbocycles.